The molecule has 0 bridgehead atoms. The molecule has 2 aromatic carbocycles. The van der Waals surface area contributed by atoms with E-state index in [2.05, 4.69) is 10.2 Å². The molecule has 4 aromatic rings. The Bertz CT molecular complexity index is 1830. The van der Waals surface area contributed by atoms with Crippen molar-refractivity contribution in [3.63, 3.8) is 0 Å². The summed E-state index contributed by atoms with van der Waals surface area (Å²) in [4.78, 5) is 72.8. The molecule has 2 aromatic heterocycles. The SMILES string of the molecule is Cc1nn(C)c(OC(=O)CCC(=O)Oc2c(C(=O)c3ccc([N+](=O)[O-])cc3Cl)c(C)nn2C)c1C(=O)c1ccc([N+](=O)[O-])cc1Cl. The minimum Gasteiger partial charge on any atom is -0.407 e. The highest BCUT2D eigenvalue weighted by Gasteiger charge is 2.29. The van der Waals surface area contributed by atoms with Gasteiger partial charge in [-0.15, -0.1) is 0 Å². The van der Waals surface area contributed by atoms with Gasteiger partial charge in [0.15, 0.2) is 0 Å². The Morgan fingerprint density at radius 1 is 0.717 bits per heavy atom. The van der Waals surface area contributed by atoms with Crippen LogP contribution in [0, 0.1) is 34.1 Å². The number of nitro benzene ring substituents is 2. The summed E-state index contributed by atoms with van der Waals surface area (Å²) in [6, 6.07) is 6.58. The van der Waals surface area contributed by atoms with E-state index in [1.807, 2.05) is 0 Å². The van der Waals surface area contributed by atoms with E-state index in [0.29, 0.717) is 0 Å². The van der Waals surface area contributed by atoms with E-state index in [9.17, 15) is 39.4 Å². The van der Waals surface area contributed by atoms with Gasteiger partial charge in [-0.25, -0.2) is 9.36 Å². The lowest BCUT2D eigenvalue weighted by Crippen LogP contribution is -2.18. The summed E-state index contributed by atoms with van der Waals surface area (Å²) in [5.41, 5.74) is -0.693. The van der Waals surface area contributed by atoms with Crippen LogP contribution in [-0.2, 0) is 23.7 Å². The fourth-order valence-corrected chi connectivity index (χ4v) is 4.95. The number of aromatic nitrogens is 4. The Kier molecular flexibility index (Phi) is 9.63. The van der Waals surface area contributed by atoms with Crippen molar-refractivity contribution in [2.45, 2.75) is 26.7 Å². The van der Waals surface area contributed by atoms with Crippen LogP contribution in [0.3, 0.4) is 0 Å². The lowest BCUT2D eigenvalue weighted by atomic mass is 10.0. The van der Waals surface area contributed by atoms with E-state index >= 15 is 0 Å². The van der Waals surface area contributed by atoms with Crippen LogP contribution in [0.4, 0.5) is 11.4 Å². The van der Waals surface area contributed by atoms with E-state index in [0.717, 1.165) is 33.6 Å². The van der Waals surface area contributed by atoms with Gasteiger partial charge in [0.2, 0.25) is 23.3 Å². The zero-order valence-corrected chi connectivity index (χ0v) is 25.9. The van der Waals surface area contributed by atoms with Gasteiger partial charge in [0, 0.05) is 49.5 Å². The number of non-ortho nitro benzene ring substituents is 2. The number of ketones is 2. The average Bonchev–Trinajstić information content (AvgIpc) is 3.42. The smallest absolute Gasteiger partial charge is 0.313 e. The maximum atomic E-state index is 13.3. The molecule has 46 heavy (non-hydrogen) atoms. The normalized spacial score (nSPS) is 10.8. The monoisotopic (exact) mass is 672 g/mol. The van der Waals surface area contributed by atoms with Crippen molar-refractivity contribution in [2.24, 2.45) is 14.1 Å². The van der Waals surface area contributed by atoms with Crippen molar-refractivity contribution >= 4 is 58.1 Å². The van der Waals surface area contributed by atoms with Crippen LogP contribution < -0.4 is 9.47 Å². The molecule has 0 aliphatic heterocycles. The Morgan fingerprint density at radius 3 is 1.37 bits per heavy atom. The van der Waals surface area contributed by atoms with E-state index in [-0.39, 0.29) is 66.8 Å². The molecule has 238 valence electrons. The molecule has 0 fully saturated rings. The number of carbonyl (C=O) groups is 4. The number of hydrogen-bond acceptors (Lipinski definition) is 12. The van der Waals surface area contributed by atoms with Gasteiger partial charge in [-0.1, -0.05) is 23.2 Å². The second kappa shape index (κ2) is 13.3. The van der Waals surface area contributed by atoms with Crippen LogP contribution in [0.2, 0.25) is 10.0 Å². The predicted octanol–water partition coefficient (Wildman–Crippen LogP) is 4.65. The molecule has 0 amide bonds. The highest BCUT2D eigenvalue weighted by molar-refractivity contribution is 6.36. The lowest BCUT2D eigenvalue weighted by Gasteiger charge is -2.09. The molecule has 0 spiro atoms. The highest BCUT2D eigenvalue weighted by Crippen LogP contribution is 2.32. The first-order valence-corrected chi connectivity index (χ1v) is 13.8. The van der Waals surface area contributed by atoms with Gasteiger partial charge in [-0.3, -0.25) is 39.4 Å². The molecule has 16 nitrogen and oxygen atoms in total. The number of benzene rings is 2. The molecular weight excluding hydrogens is 651 g/mol. The van der Waals surface area contributed by atoms with Gasteiger partial charge in [0.1, 0.15) is 11.1 Å². The number of carbonyl (C=O) groups excluding carboxylic acids is 4. The molecule has 0 unspecified atom stereocenters. The standard InChI is InChI=1S/C28H22Cl2N6O10/c1-13-23(25(39)17-7-5-15(35(41)42)11-19(17)29)27(33(3)31-13)45-21(37)9-10-22(38)46-28-24(14(2)32-34(28)4)26(40)18-8-6-16(36(43)44)12-20(18)30/h5-8,11-12H,9-10H2,1-4H3. The Labute approximate surface area is 268 Å². The summed E-state index contributed by atoms with van der Waals surface area (Å²) in [5, 5.41) is 29.9. The predicted molar refractivity (Wildman–Crippen MR) is 159 cm³/mol. The summed E-state index contributed by atoms with van der Waals surface area (Å²) >= 11 is 12.2. The van der Waals surface area contributed by atoms with Gasteiger partial charge in [0.05, 0.1) is 44.1 Å². The number of halogens is 2. The maximum Gasteiger partial charge on any atom is 0.313 e. The third kappa shape index (κ3) is 6.77. The van der Waals surface area contributed by atoms with Crippen molar-refractivity contribution in [1.82, 2.24) is 19.6 Å². The quantitative estimate of drug-likeness (QED) is 0.0923. The minimum atomic E-state index is -0.932. The minimum absolute atomic E-state index is 0.0870. The molecule has 0 saturated carbocycles. The van der Waals surface area contributed by atoms with Crippen LogP contribution in [0.1, 0.15) is 56.1 Å². The van der Waals surface area contributed by atoms with E-state index in [1.165, 1.54) is 40.1 Å². The van der Waals surface area contributed by atoms with Gasteiger partial charge >= 0.3 is 11.9 Å². The third-order valence-electron chi connectivity index (χ3n) is 6.56. The first-order chi connectivity index (χ1) is 21.6. The summed E-state index contributed by atoms with van der Waals surface area (Å²) in [7, 11) is 2.83. The van der Waals surface area contributed by atoms with Gasteiger partial charge in [0.25, 0.3) is 11.4 Å². The summed E-state index contributed by atoms with van der Waals surface area (Å²) in [6.07, 6.45) is -1.02. The Morgan fingerprint density at radius 2 is 1.07 bits per heavy atom. The molecule has 0 N–H and O–H groups in total. The molecule has 0 atom stereocenters. The average molecular weight is 673 g/mol. The highest BCUT2D eigenvalue weighted by atomic mass is 35.5. The Balaban J connectivity index is 1.48. The van der Waals surface area contributed by atoms with Gasteiger partial charge in [-0.05, 0) is 26.0 Å². The topological polar surface area (TPSA) is 209 Å². The largest absolute Gasteiger partial charge is 0.407 e. The van der Waals surface area contributed by atoms with E-state index in [4.69, 9.17) is 32.7 Å². The number of nitro groups is 2. The number of hydrogen-bond donors (Lipinski definition) is 0. The van der Waals surface area contributed by atoms with Crippen molar-refractivity contribution in [3.8, 4) is 11.8 Å². The molecule has 0 radical (unpaired) electrons. The summed E-state index contributed by atoms with van der Waals surface area (Å²) in [5.74, 6) is -3.76. The molecular formula is C28H22Cl2N6O10. The molecule has 0 saturated heterocycles. The number of aryl methyl sites for hydroxylation is 4. The number of ether oxygens (including phenoxy) is 2. The molecule has 18 heteroatoms. The number of esters is 2. The molecule has 2 heterocycles. The first kappa shape index (κ1) is 33.4. The Hall–Kier alpha value is -5.48. The van der Waals surface area contributed by atoms with Crippen LogP contribution in [-0.4, -0.2) is 52.9 Å². The molecule has 0 aliphatic carbocycles. The van der Waals surface area contributed by atoms with Crippen LogP contribution in [0.15, 0.2) is 36.4 Å². The summed E-state index contributed by atoms with van der Waals surface area (Å²) in [6.45, 7) is 2.97. The van der Waals surface area contributed by atoms with Crippen molar-refractivity contribution in [1.29, 1.82) is 0 Å². The lowest BCUT2D eigenvalue weighted by molar-refractivity contribution is -0.385. The molecule has 4 rings (SSSR count). The fourth-order valence-electron chi connectivity index (χ4n) is 4.43. The second-order valence-electron chi connectivity index (χ2n) is 9.73. The van der Waals surface area contributed by atoms with Crippen LogP contribution in [0.5, 0.6) is 11.8 Å². The first-order valence-electron chi connectivity index (χ1n) is 13.1. The van der Waals surface area contributed by atoms with Crippen molar-refractivity contribution < 1.29 is 38.5 Å². The third-order valence-corrected chi connectivity index (χ3v) is 7.19. The van der Waals surface area contributed by atoms with Gasteiger partial charge in [-0.2, -0.15) is 10.2 Å². The zero-order chi connectivity index (χ0) is 34.0. The van der Waals surface area contributed by atoms with E-state index in [1.54, 1.807) is 0 Å². The van der Waals surface area contributed by atoms with Crippen molar-refractivity contribution in [3.05, 3.63) is 100 Å². The van der Waals surface area contributed by atoms with Gasteiger partial charge < -0.3 is 9.47 Å². The van der Waals surface area contributed by atoms with Crippen LogP contribution in [0.25, 0.3) is 0 Å². The molecule has 0 aliphatic rings. The van der Waals surface area contributed by atoms with Crippen molar-refractivity contribution in [2.75, 3.05) is 0 Å². The number of nitrogens with zero attached hydrogens (tertiary/aromatic N) is 6. The maximum absolute atomic E-state index is 13.3. The number of rotatable bonds is 11. The van der Waals surface area contributed by atoms with Crippen LogP contribution >= 0.6 is 23.2 Å². The summed E-state index contributed by atoms with van der Waals surface area (Å²) < 4.78 is 13.0. The fraction of sp³-hybridized carbons (Fsp3) is 0.214. The zero-order valence-electron chi connectivity index (χ0n) is 24.4. The second-order valence-corrected chi connectivity index (χ2v) is 10.5. The van der Waals surface area contributed by atoms with E-state index < -0.39 is 46.2 Å².